The number of nitrogens with zero attached hydrogens (tertiary/aromatic N) is 2. The molecule has 11 heteroatoms. The van der Waals surface area contributed by atoms with Crippen LogP contribution in [0.15, 0.2) is 42.6 Å². The molecule has 0 saturated heterocycles. The van der Waals surface area contributed by atoms with Crippen molar-refractivity contribution in [2.24, 2.45) is 0 Å². The number of carbonyl (C=O) groups excluding carboxylic acids is 1. The molecule has 0 saturated carbocycles. The third-order valence-corrected chi connectivity index (χ3v) is 5.26. The fourth-order valence-electron chi connectivity index (χ4n) is 3.34. The van der Waals surface area contributed by atoms with E-state index in [0.29, 0.717) is 34.1 Å². The van der Waals surface area contributed by atoms with Crippen molar-refractivity contribution in [3.05, 3.63) is 64.6 Å². The highest BCUT2D eigenvalue weighted by atomic mass is 35.5. The quantitative estimate of drug-likeness (QED) is 0.432. The van der Waals surface area contributed by atoms with Crippen LogP contribution in [0.1, 0.15) is 15.9 Å². The van der Waals surface area contributed by atoms with E-state index < -0.39 is 11.7 Å². The Morgan fingerprint density at radius 1 is 1.24 bits per heavy atom. The lowest BCUT2D eigenvalue weighted by atomic mass is 10.1. The van der Waals surface area contributed by atoms with Crippen LogP contribution >= 0.6 is 11.6 Å². The second-order valence-corrected chi connectivity index (χ2v) is 7.43. The molecule has 168 valence electrons. The number of amides is 1. The summed E-state index contributed by atoms with van der Waals surface area (Å²) in [6.45, 7) is 0.205. The molecule has 2 aromatic heterocycles. The van der Waals surface area contributed by atoms with Gasteiger partial charge in [0.15, 0.2) is 28.7 Å². The van der Waals surface area contributed by atoms with Crippen LogP contribution in [-0.4, -0.2) is 35.0 Å². The van der Waals surface area contributed by atoms with Gasteiger partial charge in [-0.25, -0.2) is 9.37 Å². The van der Waals surface area contributed by atoms with Gasteiger partial charge in [-0.2, -0.15) is 0 Å². The van der Waals surface area contributed by atoms with E-state index in [1.807, 2.05) is 0 Å². The van der Waals surface area contributed by atoms with Gasteiger partial charge in [0.05, 0.1) is 35.0 Å². The molecule has 33 heavy (non-hydrogen) atoms. The van der Waals surface area contributed by atoms with Crippen molar-refractivity contribution in [3.63, 3.8) is 0 Å². The van der Waals surface area contributed by atoms with Crippen molar-refractivity contribution in [1.82, 2.24) is 15.2 Å². The molecule has 2 aromatic carbocycles. The summed E-state index contributed by atoms with van der Waals surface area (Å²) >= 11 is 6.13. The summed E-state index contributed by atoms with van der Waals surface area (Å²) in [5.74, 6) is -0.210. The zero-order valence-electron chi connectivity index (χ0n) is 17.1. The molecule has 3 heterocycles. The first kappa shape index (κ1) is 20.8. The van der Waals surface area contributed by atoms with Crippen LogP contribution in [0.5, 0.6) is 23.1 Å². The average molecular weight is 471 g/mol. The highest BCUT2D eigenvalue weighted by molar-refractivity contribution is 6.34. The Hall–Kier alpha value is -4.05. The summed E-state index contributed by atoms with van der Waals surface area (Å²) in [5, 5.41) is 9.76. The lowest BCUT2D eigenvalue weighted by Gasteiger charge is -2.12. The van der Waals surface area contributed by atoms with Crippen molar-refractivity contribution in [3.8, 4) is 23.1 Å². The Bertz CT molecular complexity index is 1380. The number of hydrogen-bond donors (Lipinski definition) is 2. The largest absolute Gasteiger partial charge is 0.486 e. The minimum absolute atomic E-state index is 0.0527. The summed E-state index contributed by atoms with van der Waals surface area (Å²) in [7, 11) is 1.46. The predicted octanol–water partition coefficient (Wildman–Crippen LogP) is 4.32. The van der Waals surface area contributed by atoms with Gasteiger partial charge in [0.1, 0.15) is 6.61 Å². The van der Waals surface area contributed by atoms with Crippen molar-refractivity contribution >= 4 is 34.2 Å². The first-order chi connectivity index (χ1) is 16.0. The lowest BCUT2D eigenvalue weighted by Crippen LogP contribution is -2.15. The maximum Gasteiger partial charge on any atom is 0.260 e. The number of pyridine rings is 1. The molecule has 0 unspecified atom stereocenters. The number of hydrogen-bond acceptors (Lipinski definition) is 7. The first-order valence-electron chi connectivity index (χ1n) is 9.72. The van der Waals surface area contributed by atoms with Gasteiger partial charge in [-0.1, -0.05) is 17.7 Å². The van der Waals surface area contributed by atoms with E-state index in [4.69, 9.17) is 30.5 Å². The Morgan fingerprint density at radius 3 is 2.94 bits per heavy atom. The Morgan fingerprint density at radius 2 is 2.09 bits per heavy atom. The SMILES string of the molecule is COc1n[nH]c2ncc(NC(=O)c3c(Cl)ccc(OCc4ccc5c(c4)OCO5)c3F)cc12. The molecule has 2 N–H and O–H groups in total. The number of ether oxygens (including phenoxy) is 4. The zero-order valence-corrected chi connectivity index (χ0v) is 17.9. The van der Waals surface area contributed by atoms with Crippen molar-refractivity contribution < 1.29 is 28.1 Å². The number of aromatic amines is 1. The van der Waals surface area contributed by atoms with Gasteiger partial charge in [-0.3, -0.25) is 9.89 Å². The number of halogens is 2. The van der Waals surface area contributed by atoms with Crippen LogP contribution in [0.4, 0.5) is 10.1 Å². The summed E-state index contributed by atoms with van der Waals surface area (Å²) in [5.41, 5.74) is 1.19. The minimum atomic E-state index is -0.879. The number of methoxy groups -OCH3 is 1. The van der Waals surface area contributed by atoms with Crippen LogP contribution in [-0.2, 0) is 6.61 Å². The Balaban J connectivity index is 1.36. The molecule has 1 aliphatic rings. The summed E-state index contributed by atoms with van der Waals surface area (Å²) in [6.07, 6.45) is 1.41. The smallest absolute Gasteiger partial charge is 0.260 e. The highest BCUT2D eigenvalue weighted by Gasteiger charge is 2.22. The second kappa shape index (κ2) is 8.47. The van der Waals surface area contributed by atoms with E-state index >= 15 is 4.39 Å². The molecule has 1 aliphatic heterocycles. The Labute approximate surface area is 191 Å². The van der Waals surface area contributed by atoms with Gasteiger partial charge in [0.25, 0.3) is 5.91 Å². The molecule has 0 fully saturated rings. The monoisotopic (exact) mass is 470 g/mol. The van der Waals surface area contributed by atoms with Crippen LogP contribution in [0, 0.1) is 5.82 Å². The van der Waals surface area contributed by atoms with Crippen LogP contribution < -0.4 is 24.3 Å². The van der Waals surface area contributed by atoms with Crippen molar-refractivity contribution in [2.45, 2.75) is 6.61 Å². The van der Waals surface area contributed by atoms with Crippen LogP contribution in [0.25, 0.3) is 11.0 Å². The zero-order chi connectivity index (χ0) is 22.9. The predicted molar refractivity (Wildman–Crippen MR) is 117 cm³/mol. The second-order valence-electron chi connectivity index (χ2n) is 7.02. The summed E-state index contributed by atoms with van der Waals surface area (Å²) in [6, 6.07) is 9.64. The third kappa shape index (κ3) is 3.96. The number of rotatable bonds is 6. The molecular formula is C22H16ClFN4O5. The van der Waals surface area contributed by atoms with Crippen molar-refractivity contribution in [1.29, 1.82) is 0 Å². The molecule has 0 aliphatic carbocycles. The van der Waals surface area contributed by atoms with E-state index in [2.05, 4.69) is 20.5 Å². The molecule has 5 rings (SSSR count). The fraction of sp³-hybridized carbons (Fsp3) is 0.136. The van der Waals surface area contributed by atoms with Gasteiger partial charge < -0.3 is 24.3 Å². The van der Waals surface area contributed by atoms with E-state index in [9.17, 15) is 4.79 Å². The molecular weight excluding hydrogens is 455 g/mol. The number of aromatic nitrogens is 3. The summed E-state index contributed by atoms with van der Waals surface area (Å²) in [4.78, 5) is 17.0. The van der Waals surface area contributed by atoms with E-state index in [1.165, 1.54) is 25.4 Å². The van der Waals surface area contributed by atoms with Crippen molar-refractivity contribution in [2.75, 3.05) is 19.2 Å². The van der Waals surface area contributed by atoms with E-state index in [0.717, 1.165) is 5.56 Å². The maximum atomic E-state index is 15.2. The number of H-pyrrole nitrogens is 1. The molecule has 0 radical (unpaired) electrons. The van der Waals surface area contributed by atoms with Gasteiger partial charge in [-0.05, 0) is 35.9 Å². The average Bonchev–Trinajstić information content (AvgIpc) is 3.44. The third-order valence-electron chi connectivity index (χ3n) is 4.95. The number of carbonyl (C=O) groups is 1. The van der Waals surface area contributed by atoms with Gasteiger partial charge in [0.2, 0.25) is 12.7 Å². The number of anilines is 1. The maximum absolute atomic E-state index is 15.2. The molecule has 0 spiro atoms. The highest BCUT2D eigenvalue weighted by Crippen LogP contribution is 2.34. The standard InChI is InChI=1S/C22H16ClFN4O5/c1-30-22-13-7-12(8-25-20(13)27-28-22)26-21(29)18-14(23)3-5-16(19(18)24)31-9-11-2-4-15-17(6-11)33-10-32-15/h2-8H,9-10H2,1H3,(H,26,29)(H,25,27,28). The molecule has 9 nitrogen and oxygen atoms in total. The number of fused-ring (bicyclic) bond motifs is 2. The molecule has 0 atom stereocenters. The molecule has 4 aromatic rings. The fourth-order valence-corrected chi connectivity index (χ4v) is 3.57. The van der Waals surface area contributed by atoms with Crippen LogP contribution in [0.3, 0.4) is 0 Å². The topological polar surface area (TPSA) is 108 Å². The first-order valence-corrected chi connectivity index (χ1v) is 10.1. The lowest BCUT2D eigenvalue weighted by molar-refractivity contribution is 0.102. The van der Waals surface area contributed by atoms with Crippen LogP contribution in [0.2, 0.25) is 5.02 Å². The number of nitrogens with one attached hydrogen (secondary N) is 2. The van der Waals surface area contributed by atoms with E-state index in [1.54, 1.807) is 24.3 Å². The van der Waals surface area contributed by atoms with Gasteiger partial charge >= 0.3 is 0 Å². The molecule has 1 amide bonds. The summed E-state index contributed by atoms with van der Waals surface area (Å²) < 4.78 is 36.5. The van der Waals surface area contributed by atoms with E-state index in [-0.39, 0.29) is 29.7 Å². The van der Waals surface area contributed by atoms with Gasteiger partial charge in [0, 0.05) is 0 Å². The molecule has 0 bridgehead atoms. The van der Waals surface area contributed by atoms with Gasteiger partial charge in [-0.15, -0.1) is 5.10 Å². The normalized spacial score (nSPS) is 12.1. The Kier molecular flexibility index (Phi) is 5.35. The number of benzene rings is 2. The minimum Gasteiger partial charge on any atom is -0.486 e.